The molecule has 33 heavy (non-hydrogen) atoms. The highest BCUT2D eigenvalue weighted by molar-refractivity contribution is 9.10. The minimum absolute atomic E-state index is 0.224. The van der Waals surface area contributed by atoms with Crippen molar-refractivity contribution in [2.45, 2.75) is 6.92 Å². The normalized spacial score (nSPS) is 10.6. The van der Waals surface area contributed by atoms with Crippen LogP contribution in [0.1, 0.15) is 31.8 Å². The molecule has 3 aromatic carbocycles. The van der Waals surface area contributed by atoms with Crippen LogP contribution in [0, 0.1) is 12.7 Å². The van der Waals surface area contributed by atoms with Crippen molar-refractivity contribution in [1.82, 2.24) is 10.7 Å². The third kappa shape index (κ3) is 7.08. The lowest BCUT2D eigenvalue weighted by Crippen LogP contribution is -2.34. The van der Waals surface area contributed by atoms with Crippen LogP contribution in [0.3, 0.4) is 0 Å². The van der Waals surface area contributed by atoms with Crippen molar-refractivity contribution >= 4 is 39.9 Å². The average molecular weight is 512 g/mol. The molecule has 0 atom stereocenters. The molecule has 7 nitrogen and oxygen atoms in total. The number of ether oxygens (including phenoxy) is 1. The Morgan fingerprint density at radius 3 is 2.52 bits per heavy atom. The largest absolute Gasteiger partial charge is 0.422 e. The van der Waals surface area contributed by atoms with E-state index in [1.165, 1.54) is 18.3 Å². The predicted molar refractivity (Wildman–Crippen MR) is 125 cm³/mol. The van der Waals surface area contributed by atoms with E-state index in [4.69, 9.17) is 4.74 Å². The molecule has 0 saturated carbocycles. The molecule has 0 aliphatic carbocycles. The summed E-state index contributed by atoms with van der Waals surface area (Å²) < 4.78 is 19.1. The molecular weight excluding hydrogens is 493 g/mol. The number of hydrogen-bond donors (Lipinski definition) is 2. The summed E-state index contributed by atoms with van der Waals surface area (Å²) in [6.07, 6.45) is 1.32. The van der Waals surface area contributed by atoms with Crippen LogP contribution in [-0.2, 0) is 4.79 Å². The van der Waals surface area contributed by atoms with Crippen molar-refractivity contribution in [3.63, 3.8) is 0 Å². The number of benzene rings is 3. The van der Waals surface area contributed by atoms with E-state index in [1.807, 2.05) is 13.0 Å². The maximum atomic E-state index is 12.9. The van der Waals surface area contributed by atoms with E-state index in [0.29, 0.717) is 11.1 Å². The topological polar surface area (TPSA) is 96.9 Å². The van der Waals surface area contributed by atoms with Gasteiger partial charge in [-0.05, 0) is 61.5 Å². The smallest absolute Gasteiger partial charge is 0.343 e. The molecule has 0 radical (unpaired) electrons. The predicted octanol–water partition coefficient (Wildman–Crippen LogP) is 4.00. The molecule has 0 unspecified atom stereocenters. The summed E-state index contributed by atoms with van der Waals surface area (Å²) in [5.74, 6) is -1.83. The van der Waals surface area contributed by atoms with E-state index in [9.17, 15) is 18.8 Å². The van der Waals surface area contributed by atoms with Gasteiger partial charge in [0, 0.05) is 15.6 Å². The Bertz CT molecular complexity index is 1210. The quantitative estimate of drug-likeness (QED) is 0.217. The Hall–Kier alpha value is -3.85. The fourth-order valence-corrected chi connectivity index (χ4v) is 3.10. The molecule has 0 heterocycles. The number of nitrogens with one attached hydrogen (secondary N) is 2. The van der Waals surface area contributed by atoms with Crippen molar-refractivity contribution in [2.24, 2.45) is 5.10 Å². The molecule has 0 aliphatic rings. The molecule has 0 spiro atoms. The average Bonchev–Trinajstić information content (AvgIpc) is 2.79. The first-order chi connectivity index (χ1) is 15.8. The van der Waals surface area contributed by atoms with E-state index in [0.717, 1.165) is 22.2 Å². The molecule has 3 rings (SSSR count). The Kier molecular flexibility index (Phi) is 8.04. The summed E-state index contributed by atoms with van der Waals surface area (Å²) >= 11 is 3.34. The first kappa shape index (κ1) is 23.8. The second-order valence-electron chi connectivity index (χ2n) is 6.92. The van der Waals surface area contributed by atoms with Gasteiger partial charge < -0.3 is 10.1 Å². The van der Waals surface area contributed by atoms with Gasteiger partial charge in [0.05, 0.1) is 18.3 Å². The first-order valence-corrected chi connectivity index (χ1v) is 10.5. The van der Waals surface area contributed by atoms with Crippen LogP contribution in [0.4, 0.5) is 4.39 Å². The standard InChI is InChI=1S/C24H19BrFN3O4/c1-15-3-2-4-17(11-15)24(32)33-21-10-7-19(25)12-18(21)13-28-29-22(30)14-27-23(31)16-5-8-20(26)9-6-16/h2-13H,14H2,1H3,(H,27,31)(H,29,30)/b28-13+. The van der Waals surface area contributed by atoms with Gasteiger partial charge in [-0.1, -0.05) is 33.6 Å². The van der Waals surface area contributed by atoms with Crippen LogP contribution < -0.4 is 15.5 Å². The summed E-state index contributed by atoms with van der Waals surface area (Å²) in [7, 11) is 0. The third-order valence-electron chi connectivity index (χ3n) is 4.34. The summed E-state index contributed by atoms with van der Waals surface area (Å²) in [6, 6.07) is 16.9. The Morgan fingerprint density at radius 1 is 1.03 bits per heavy atom. The lowest BCUT2D eigenvalue weighted by Gasteiger charge is -2.08. The molecule has 168 valence electrons. The highest BCUT2D eigenvalue weighted by Crippen LogP contribution is 2.23. The molecule has 0 bridgehead atoms. The molecule has 0 fully saturated rings. The van der Waals surface area contributed by atoms with Gasteiger partial charge in [-0.25, -0.2) is 14.6 Å². The maximum absolute atomic E-state index is 12.9. The number of halogens is 2. The fourth-order valence-electron chi connectivity index (χ4n) is 2.72. The number of rotatable bonds is 7. The Labute approximate surface area is 197 Å². The van der Waals surface area contributed by atoms with Crippen molar-refractivity contribution in [3.8, 4) is 5.75 Å². The monoisotopic (exact) mass is 511 g/mol. The molecule has 0 aliphatic heterocycles. The lowest BCUT2D eigenvalue weighted by atomic mass is 10.1. The molecule has 2 N–H and O–H groups in total. The number of aryl methyl sites for hydroxylation is 1. The summed E-state index contributed by atoms with van der Waals surface area (Å²) in [4.78, 5) is 36.4. The van der Waals surface area contributed by atoms with Gasteiger partial charge in [0.1, 0.15) is 11.6 Å². The van der Waals surface area contributed by atoms with Crippen molar-refractivity contribution in [2.75, 3.05) is 6.54 Å². The summed E-state index contributed by atoms with van der Waals surface area (Å²) in [6.45, 7) is 1.54. The van der Waals surface area contributed by atoms with E-state index in [-0.39, 0.29) is 17.9 Å². The van der Waals surface area contributed by atoms with Gasteiger partial charge in [-0.3, -0.25) is 9.59 Å². The van der Waals surface area contributed by atoms with E-state index in [1.54, 1.807) is 36.4 Å². The van der Waals surface area contributed by atoms with E-state index in [2.05, 4.69) is 31.8 Å². The zero-order chi connectivity index (χ0) is 23.8. The number of nitrogens with zero attached hydrogens (tertiary/aromatic N) is 1. The zero-order valence-electron chi connectivity index (χ0n) is 17.5. The van der Waals surface area contributed by atoms with Crippen LogP contribution in [0.5, 0.6) is 5.75 Å². The second kappa shape index (κ2) is 11.1. The van der Waals surface area contributed by atoms with Crippen LogP contribution >= 0.6 is 15.9 Å². The number of amides is 2. The molecule has 9 heteroatoms. The summed E-state index contributed by atoms with van der Waals surface area (Å²) in [5, 5.41) is 6.27. The summed E-state index contributed by atoms with van der Waals surface area (Å²) in [5.41, 5.74) is 4.29. The number of hydrogen-bond acceptors (Lipinski definition) is 5. The number of carbonyl (C=O) groups is 3. The van der Waals surface area contributed by atoms with E-state index < -0.39 is 23.6 Å². The molecule has 2 amide bonds. The van der Waals surface area contributed by atoms with Crippen LogP contribution in [0.2, 0.25) is 0 Å². The van der Waals surface area contributed by atoms with Crippen molar-refractivity contribution in [3.05, 3.63) is 99.3 Å². The van der Waals surface area contributed by atoms with Gasteiger partial charge in [0.15, 0.2) is 0 Å². The molecule has 3 aromatic rings. The van der Waals surface area contributed by atoms with Crippen LogP contribution in [0.25, 0.3) is 0 Å². The van der Waals surface area contributed by atoms with Crippen LogP contribution in [-0.4, -0.2) is 30.5 Å². The van der Waals surface area contributed by atoms with Crippen LogP contribution in [0.15, 0.2) is 76.3 Å². The number of hydrazone groups is 1. The van der Waals surface area contributed by atoms with Gasteiger partial charge >= 0.3 is 5.97 Å². The lowest BCUT2D eigenvalue weighted by molar-refractivity contribution is -0.120. The van der Waals surface area contributed by atoms with Gasteiger partial charge in [-0.2, -0.15) is 5.10 Å². The first-order valence-electron chi connectivity index (χ1n) is 9.76. The van der Waals surface area contributed by atoms with Crippen molar-refractivity contribution in [1.29, 1.82) is 0 Å². The number of carbonyl (C=O) groups excluding carboxylic acids is 3. The SMILES string of the molecule is Cc1cccc(C(=O)Oc2ccc(Br)cc2/C=N/NC(=O)CNC(=O)c2ccc(F)cc2)c1. The zero-order valence-corrected chi connectivity index (χ0v) is 19.1. The van der Waals surface area contributed by atoms with E-state index >= 15 is 0 Å². The molecule has 0 aromatic heterocycles. The Balaban J connectivity index is 1.59. The minimum atomic E-state index is -0.574. The fraction of sp³-hybridized carbons (Fsp3) is 0.0833. The van der Waals surface area contributed by atoms with Gasteiger partial charge in [-0.15, -0.1) is 0 Å². The molecular formula is C24H19BrFN3O4. The maximum Gasteiger partial charge on any atom is 0.343 e. The number of esters is 1. The Morgan fingerprint density at radius 2 is 1.79 bits per heavy atom. The highest BCUT2D eigenvalue weighted by Gasteiger charge is 2.12. The molecule has 0 saturated heterocycles. The third-order valence-corrected chi connectivity index (χ3v) is 4.83. The minimum Gasteiger partial charge on any atom is -0.422 e. The second-order valence-corrected chi connectivity index (χ2v) is 7.84. The van der Waals surface area contributed by atoms with Crippen molar-refractivity contribution < 1.29 is 23.5 Å². The highest BCUT2D eigenvalue weighted by atomic mass is 79.9. The van der Waals surface area contributed by atoms with Gasteiger partial charge in [0.25, 0.3) is 11.8 Å². The van der Waals surface area contributed by atoms with Gasteiger partial charge in [0.2, 0.25) is 0 Å².